The molecule has 1 N–H and O–H groups in total. The summed E-state index contributed by atoms with van der Waals surface area (Å²) < 4.78 is 1.68. The third-order valence-electron chi connectivity index (χ3n) is 5.59. The van der Waals surface area contributed by atoms with Crippen LogP contribution in [0.25, 0.3) is 5.69 Å². The van der Waals surface area contributed by atoms with Crippen LogP contribution in [0.5, 0.6) is 0 Å². The van der Waals surface area contributed by atoms with Crippen molar-refractivity contribution in [2.24, 2.45) is 0 Å². The lowest BCUT2D eigenvalue weighted by Crippen LogP contribution is -2.46. The highest BCUT2D eigenvalue weighted by Gasteiger charge is 2.16. The molecule has 1 fully saturated rings. The van der Waals surface area contributed by atoms with Crippen molar-refractivity contribution in [1.82, 2.24) is 24.9 Å². The lowest BCUT2D eigenvalue weighted by Gasteiger charge is -2.34. The summed E-state index contributed by atoms with van der Waals surface area (Å²) in [6, 6.07) is 18.0. The molecule has 6 nitrogen and oxygen atoms in total. The third-order valence-corrected chi connectivity index (χ3v) is 5.84. The maximum atomic E-state index is 12.4. The van der Waals surface area contributed by atoms with Gasteiger partial charge in [-0.25, -0.2) is 4.68 Å². The Morgan fingerprint density at radius 3 is 2.42 bits per heavy atom. The molecule has 4 rings (SSSR count). The molecule has 0 atom stereocenters. The van der Waals surface area contributed by atoms with E-state index in [1.807, 2.05) is 12.1 Å². The molecule has 1 aliphatic rings. The molecule has 0 aliphatic carbocycles. The van der Waals surface area contributed by atoms with Gasteiger partial charge in [-0.1, -0.05) is 41.9 Å². The molecule has 0 unspecified atom stereocenters. The minimum absolute atomic E-state index is 0.0899. The lowest BCUT2D eigenvalue weighted by atomic mass is 10.2. The van der Waals surface area contributed by atoms with E-state index < -0.39 is 0 Å². The van der Waals surface area contributed by atoms with Crippen LogP contribution in [0.4, 0.5) is 0 Å². The second kappa shape index (κ2) is 10.6. The van der Waals surface area contributed by atoms with Gasteiger partial charge in [0.25, 0.3) is 5.91 Å². The molecule has 31 heavy (non-hydrogen) atoms. The predicted molar refractivity (Wildman–Crippen MR) is 124 cm³/mol. The molecule has 1 amide bonds. The first-order valence-electron chi connectivity index (χ1n) is 10.7. The maximum absolute atomic E-state index is 12.4. The third kappa shape index (κ3) is 6.17. The molecule has 2 aromatic carbocycles. The van der Waals surface area contributed by atoms with Crippen molar-refractivity contribution in [3.63, 3.8) is 0 Å². The number of hydrogen-bond donors (Lipinski definition) is 1. The van der Waals surface area contributed by atoms with Crippen molar-refractivity contribution in [3.8, 4) is 5.69 Å². The van der Waals surface area contributed by atoms with Crippen LogP contribution in [0.3, 0.4) is 0 Å². The second-order valence-electron chi connectivity index (χ2n) is 7.86. The SMILES string of the molecule is O=C(NCCCN1CCN(Cc2ccccc2)CC1)c1cnn(-c2ccc(Cl)cc2)c1. The number of amides is 1. The van der Waals surface area contributed by atoms with Crippen LogP contribution < -0.4 is 5.32 Å². The van der Waals surface area contributed by atoms with Gasteiger partial charge in [-0.15, -0.1) is 0 Å². The highest BCUT2D eigenvalue weighted by molar-refractivity contribution is 6.30. The van der Waals surface area contributed by atoms with Crippen LogP contribution in [0.2, 0.25) is 5.02 Å². The van der Waals surface area contributed by atoms with E-state index in [1.165, 1.54) is 5.56 Å². The van der Waals surface area contributed by atoms with Gasteiger partial charge < -0.3 is 10.2 Å². The Morgan fingerprint density at radius 2 is 1.68 bits per heavy atom. The lowest BCUT2D eigenvalue weighted by molar-refractivity contribution is 0.0947. The summed E-state index contributed by atoms with van der Waals surface area (Å²) in [7, 11) is 0. The molecular weight excluding hydrogens is 410 g/mol. The first-order valence-corrected chi connectivity index (χ1v) is 11.1. The average molecular weight is 438 g/mol. The van der Waals surface area contributed by atoms with Crippen LogP contribution in [-0.4, -0.2) is 64.8 Å². The summed E-state index contributed by atoms with van der Waals surface area (Å²) in [5.41, 5.74) is 2.80. The van der Waals surface area contributed by atoms with Gasteiger partial charge in [0.15, 0.2) is 0 Å². The van der Waals surface area contributed by atoms with Crippen molar-refractivity contribution >= 4 is 17.5 Å². The van der Waals surface area contributed by atoms with Crippen LogP contribution in [0, 0.1) is 0 Å². The van der Waals surface area contributed by atoms with Crippen molar-refractivity contribution in [2.75, 3.05) is 39.3 Å². The van der Waals surface area contributed by atoms with E-state index in [0.717, 1.165) is 51.4 Å². The van der Waals surface area contributed by atoms with E-state index in [1.54, 1.807) is 29.2 Å². The molecule has 1 aromatic heterocycles. The van der Waals surface area contributed by atoms with Crippen LogP contribution in [0.1, 0.15) is 22.3 Å². The summed E-state index contributed by atoms with van der Waals surface area (Å²) in [4.78, 5) is 17.4. The second-order valence-corrected chi connectivity index (χ2v) is 8.30. The minimum Gasteiger partial charge on any atom is -0.352 e. The largest absolute Gasteiger partial charge is 0.352 e. The van der Waals surface area contributed by atoms with Gasteiger partial charge in [-0.2, -0.15) is 5.10 Å². The molecule has 0 bridgehead atoms. The van der Waals surface area contributed by atoms with E-state index in [-0.39, 0.29) is 5.91 Å². The molecule has 7 heteroatoms. The van der Waals surface area contributed by atoms with Crippen molar-refractivity contribution < 1.29 is 4.79 Å². The Balaban J connectivity index is 1.14. The minimum atomic E-state index is -0.0899. The van der Waals surface area contributed by atoms with E-state index in [2.05, 4.69) is 50.5 Å². The quantitative estimate of drug-likeness (QED) is 0.548. The summed E-state index contributed by atoms with van der Waals surface area (Å²) >= 11 is 5.92. The van der Waals surface area contributed by atoms with Crippen molar-refractivity contribution in [3.05, 3.63) is 83.1 Å². The molecule has 0 radical (unpaired) electrons. The number of carbonyl (C=O) groups is 1. The summed E-state index contributed by atoms with van der Waals surface area (Å²) in [5, 5.41) is 7.95. The Morgan fingerprint density at radius 1 is 0.968 bits per heavy atom. The topological polar surface area (TPSA) is 53.4 Å². The Hall–Kier alpha value is -2.67. The van der Waals surface area contributed by atoms with E-state index in [4.69, 9.17) is 11.6 Å². The number of hydrogen-bond acceptors (Lipinski definition) is 4. The number of carbonyl (C=O) groups excluding carboxylic acids is 1. The maximum Gasteiger partial charge on any atom is 0.254 e. The van der Waals surface area contributed by atoms with Crippen LogP contribution >= 0.6 is 11.6 Å². The first kappa shape index (κ1) is 21.6. The molecule has 0 saturated carbocycles. The molecule has 162 valence electrons. The fourth-order valence-electron chi connectivity index (χ4n) is 3.79. The van der Waals surface area contributed by atoms with Gasteiger partial charge in [-0.05, 0) is 42.8 Å². The zero-order chi connectivity index (χ0) is 21.5. The molecule has 2 heterocycles. The Kier molecular flexibility index (Phi) is 7.35. The van der Waals surface area contributed by atoms with Gasteiger partial charge in [0.05, 0.1) is 17.4 Å². The summed E-state index contributed by atoms with van der Waals surface area (Å²) in [6.45, 7) is 7.02. The fraction of sp³-hybridized carbons (Fsp3) is 0.333. The molecular formula is C24H28ClN5O. The van der Waals surface area contributed by atoms with E-state index in [9.17, 15) is 4.79 Å². The van der Waals surface area contributed by atoms with Crippen LogP contribution in [0.15, 0.2) is 67.0 Å². The number of nitrogens with one attached hydrogen (secondary N) is 1. The van der Waals surface area contributed by atoms with Gasteiger partial charge in [0.1, 0.15) is 0 Å². The molecule has 0 spiro atoms. The normalized spacial score (nSPS) is 15.1. The Bertz CT molecular complexity index is 965. The number of aromatic nitrogens is 2. The standard InChI is InChI=1S/C24H28ClN5O/c25-22-7-9-23(10-8-22)30-19-21(17-27-30)24(31)26-11-4-12-28-13-15-29(16-14-28)18-20-5-2-1-3-6-20/h1-3,5-10,17,19H,4,11-16,18H2,(H,26,31). The Labute approximate surface area is 188 Å². The van der Waals surface area contributed by atoms with Crippen LogP contribution in [-0.2, 0) is 6.54 Å². The van der Waals surface area contributed by atoms with Crippen molar-refractivity contribution in [2.45, 2.75) is 13.0 Å². The van der Waals surface area contributed by atoms with Gasteiger partial charge in [0.2, 0.25) is 0 Å². The first-order chi connectivity index (χ1) is 15.2. The zero-order valence-electron chi connectivity index (χ0n) is 17.6. The van der Waals surface area contributed by atoms with Gasteiger partial charge in [-0.3, -0.25) is 9.69 Å². The highest BCUT2D eigenvalue weighted by atomic mass is 35.5. The smallest absolute Gasteiger partial charge is 0.254 e. The molecule has 1 saturated heterocycles. The monoisotopic (exact) mass is 437 g/mol. The number of benzene rings is 2. The average Bonchev–Trinajstić information content (AvgIpc) is 3.29. The number of nitrogens with zero attached hydrogens (tertiary/aromatic N) is 4. The van der Waals surface area contributed by atoms with E-state index >= 15 is 0 Å². The fourth-order valence-corrected chi connectivity index (χ4v) is 3.92. The number of rotatable bonds is 8. The predicted octanol–water partition coefficient (Wildman–Crippen LogP) is 3.46. The number of piperazine rings is 1. The summed E-state index contributed by atoms with van der Waals surface area (Å²) in [5.74, 6) is -0.0899. The van der Waals surface area contributed by atoms with Gasteiger partial charge >= 0.3 is 0 Å². The van der Waals surface area contributed by atoms with Gasteiger partial charge in [0, 0.05) is 50.5 Å². The van der Waals surface area contributed by atoms with Crippen molar-refractivity contribution in [1.29, 1.82) is 0 Å². The molecule has 3 aromatic rings. The number of halogens is 1. The highest BCUT2D eigenvalue weighted by Crippen LogP contribution is 2.13. The summed E-state index contributed by atoms with van der Waals surface area (Å²) in [6.07, 6.45) is 4.27. The van der Waals surface area contributed by atoms with E-state index in [0.29, 0.717) is 17.1 Å². The molecule has 1 aliphatic heterocycles. The zero-order valence-corrected chi connectivity index (χ0v) is 18.3.